The number of aromatic nitrogens is 1. The van der Waals surface area contributed by atoms with Gasteiger partial charge in [-0.2, -0.15) is 0 Å². The van der Waals surface area contributed by atoms with E-state index in [4.69, 9.17) is 16.0 Å². The first-order valence-corrected chi connectivity index (χ1v) is 7.66. The molecule has 0 aliphatic heterocycles. The van der Waals surface area contributed by atoms with Gasteiger partial charge < -0.3 is 14.5 Å². The van der Waals surface area contributed by atoms with Crippen molar-refractivity contribution in [3.05, 3.63) is 65.1 Å². The molecule has 6 nitrogen and oxygen atoms in total. The number of ether oxygens (including phenoxy) is 1. The minimum Gasteiger partial charge on any atom is -0.465 e. The Morgan fingerprint density at radius 1 is 1.28 bits per heavy atom. The molecule has 0 saturated heterocycles. The lowest BCUT2D eigenvalue weighted by Crippen LogP contribution is -2.03. The van der Waals surface area contributed by atoms with Gasteiger partial charge in [-0.25, -0.2) is 9.78 Å². The number of nitrogens with zero attached hydrogens (tertiary/aromatic N) is 1. The zero-order chi connectivity index (χ0) is 17.8. The molecular weight excluding hydrogens is 344 g/mol. The Morgan fingerprint density at radius 2 is 2.08 bits per heavy atom. The van der Waals surface area contributed by atoms with Crippen LogP contribution in [0.4, 0.5) is 5.69 Å². The van der Waals surface area contributed by atoms with Crippen molar-refractivity contribution in [3.63, 3.8) is 0 Å². The van der Waals surface area contributed by atoms with Crippen LogP contribution in [-0.2, 0) is 9.53 Å². The van der Waals surface area contributed by atoms with Gasteiger partial charge in [0.05, 0.1) is 23.3 Å². The lowest BCUT2D eigenvalue weighted by Gasteiger charge is -2.06. The van der Waals surface area contributed by atoms with Crippen molar-refractivity contribution in [1.82, 2.24) is 4.98 Å². The fraction of sp³-hybridized carbons (Fsp3) is 0.0556. The average molecular weight is 357 g/mol. The van der Waals surface area contributed by atoms with E-state index in [1.807, 2.05) is 12.1 Å². The first kappa shape index (κ1) is 16.7. The molecule has 0 unspecified atom stereocenters. The Labute approximate surface area is 148 Å². The fourth-order valence-electron chi connectivity index (χ4n) is 2.18. The molecule has 0 aliphatic rings. The summed E-state index contributed by atoms with van der Waals surface area (Å²) in [5.41, 5.74) is 2.25. The van der Waals surface area contributed by atoms with Crippen LogP contribution in [0.3, 0.4) is 0 Å². The van der Waals surface area contributed by atoms with Crippen molar-refractivity contribution in [2.45, 2.75) is 0 Å². The SMILES string of the molecule is COC(=O)c1cc(N/C=C(/C=O)c2nc3ccccc3o2)ccc1Cl. The predicted octanol–water partition coefficient (Wildman–Crippen LogP) is 3.92. The van der Waals surface area contributed by atoms with Crippen LogP contribution in [0, 0.1) is 0 Å². The van der Waals surface area contributed by atoms with Crippen molar-refractivity contribution in [2.75, 3.05) is 12.4 Å². The van der Waals surface area contributed by atoms with E-state index in [9.17, 15) is 9.59 Å². The lowest BCUT2D eigenvalue weighted by molar-refractivity contribution is -0.103. The van der Waals surface area contributed by atoms with E-state index < -0.39 is 5.97 Å². The summed E-state index contributed by atoms with van der Waals surface area (Å²) >= 11 is 5.98. The van der Waals surface area contributed by atoms with E-state index in [1.165, 1.54) is 19.4 Å². The highest BCUT2D eigenvalue weighted by molar-refractivity contribution is 6.33. The number of aldehydes is 1. The molecule has 0 saturated carbocycles. The summed E-state index contributed by atoms with van der Waals surface area (Å²) in [5.74, 6) is -0.349. The molecule has 0 bridgehead atoms. The molecular formula is C18H13ClN2O4. The third-order valence-corrected chi connectivity index (χ3v) is 3.76. The maximum atomic E-state index is 11.7. The topological polar surface area (TPSA) is 81.4 Å². The van der Waals surface area contributed by atoms with Crippen molar-refractivity contribution in [1.29, 1.82) is 0 Å². The number of carbonyl (C=O) groups excluding carboxylic acids is 2. The number of hydrogen-bond acceptors (Lipinski definition) is 6. The van der Waals surface area contributed by atoms with Gasteiger partial charge in [0.15, 0.2) is 11.9 Å². The first-order chi connectivity index (χ1) is 12.1. The van der Waals surface area contributed by atoms with Crippen LogP contribution >= 0.6 is 11.6 Å². The van der Waals surface area contributed by atoms with Gasteiger partial charge in [0.2, 0.25) is 5.89 Å². The summed E-state index contributed by atoms with van der Waals surface area (Å²) in [7, 11) is 1.27. The first-order valence-electron chi connectivity index (χ1n) is 7.28. The van der Waals surface area contributed by atoms with Gasteiger partial charge in [-0.3, -0.25) is 4.79 Å². The number of fused-ring (bicyclic) bond motifs is 1. The number of hydrogen-bond donors (Lipinski definition) is 1. The van der Waals surface area contributed by atoms with Gasteiger partial charge in [0, 0.05) is 11.9 Å². The monoisotopic (exact) mass is 356 g/mol. The van der Waals surface area contributed by atoms with E-state index in [-0.39, 0.29) is 22.0 Å². The number of anilines is 1. The van der Waals surface area contributed by atoms with Crippen molar-refractivity contribution < 1.29 is 18.7 Å². The smallest absolute Gasteiger partial charge is 0.339 e. The van der Waals surface area contributed by atoms with Crippen molar-refractivity contribution in [3.8, 4) is 0 Å². The quantitative estimate of drug-likeness (QED) is 0.424. The summed E-state index contributed by atoms with van der Waals surface area (Å²) < 4.78 is 10.2. The zero-order valence-electron chi connectivity index (χ0n) is 13.2. The maximum absolute atomic E-state index is 11.7. The van der Waals surface area contributed by atoms with Crippen molar-refractivity contribution in [2.24, 2.45) is 0 Å². The van der Waals surface area contributed by atoms with E-state index in [0.717, 1.165) is 0 Å². The van der Waals surface area contributed by atoms with Crippen LogP contribution in [0.1, 0.15) is 16.2 Å². The number of halogens is 1. The van der Waals surface area contributed by atoms with Crippen LogP contribution in [0.5, 0.6) is 0 Å². The molecule has 0 radical (unpaired) electrons. The van der Waals surface area contributed by atoms with Gasteiger partial charge in [0.1, 0.15) is 5.52 Å². The van der Waals surface area contributed by atoms with E-state index >= 15 is 0 Å². The highest BCUT2D eigenvalue weighted by Crippen LogP contribution is 2.23. The second-order valence-electron chi connectivity index (χ2n) is 5.03. The van der Waals surface area contributed by atoms with Gasteiger partial charge in [0.25, 0.3) is 0 Å². The zero-order valence-corrected chi connectivity index (χ0v) is 13.9. The minimum absolute atomic E-state index is 0.200. The van der Waals surface area contributed by atoms with Crippen LogP contribution in [0.25, 0.3) is 16.7 Å². The summed E-state index contributed by atoms with van der Waals surface area (Å²) in [6.45, 7) is 0. The fourth-order valence-corrected chi connectivity index (χ4v) is 2.38. The summed E-state index contributed by atoms with van der Waals surface area (Å²) in [4.78, 5) is 27.3. The second-order valence-corrected chi connectivity index (χ2v) is 5.44. The van der Waals surface area contributed by atoms with Crippen LogP contribution in [0.2, 0.25) is 5.02 Å². The summed E-state index contributed by atoms with van der Waals surface area (Å²) in [6.07, 6.45) is 2.08. The second kappa shape index (κ2) is 7.19. The third kappa shape index (κ3) is 3.54. The molecule has 0 fully saturated rings. The number of methoxy groups -OCH3 is 1. The molecule has 7 heteroatoms. The number of benzene rings is 2. The normalized spacial score (nSPS) is 11.4. The molecule has 0 amide bonds. The maximum Gasteiger partial charge on any atom is 0.339 e. The van der Waals surface area contributed by atoms with Crippen LogP contribution in [0.15, 0.2) is 53.1 Å². The van der Waals surface area contributed by atoms with Gasteiger partial charge in [-0.05, 0) is 30.3 Å². The Kier molecular flexibility index (Phi) is 4.81. The lowest BCUT2D eigenvalue weighted by atomic mass is 10.2. The molecule has 126 valence electrons. The highest BCUT2D eigenvalue weighted by atomic mass is 35.5. The number of esters is 1. The Morgan fingerprint density at radius 3 is 2.80 bits per heavy atom. The molecule has 25 heavy (non-hydrogen) atoms. The van der Waals surface area contributed by atoms with Gasteiger partial charge in [-0.1, -0.05) is 23.7 Å². The number of rotatable bonds is 5. The standard InChI is InChI=1S/C18H13ClN2O4/c1-24-18(23)13-8-12(6-7-14(13)19)20-9-11(10-22)17-21-15-4-2-3-5-16(15)25-17/h2-10,20H,1H3/b11-9-. The van der Waals surface area contributed by atoms with Crippen LogP contribution < -0.4 is 5.32 Å². The average Bonchev–Trinajstić information content (AvgIpc) is 3.06. The molecule has 3 aromatic rings. The summed E-state index contributed by atoms with van der Waals surface area (Å²) in [6, 6.07) is 12.0. The molecule has 0 aliphatic carbocycles. The predicted molar refractivity (Wildman–Crippen MR) is 94.5 cm³/mol. The summed E-state index contributed by atoms with van der Waals surface area (Å²) in [5, 5.41) is 3.20. The Bertz CT molecular complexity index is 945. The molecule has 1 N–H and O–H groups in total. The molecule has 0 atom stereocenters. The highest BCUT2D eigenvalue weighted by Gasteiger charge is 2.12. The number of allylic oxidation sites excluding steroid dienone is 1. The van der Waals surface area contributed by atoms with Crippen LogP contribution in [-0.4, -0.2) is 24.3 Å². The van der Waals surface area contributed by atoms with E-state index in [2.05, 4.69) is 15.0 Å². The molecule has 0 spiro atoms. The molecule has 1 aromatic heterocycles. The Hall–Kier alpha value is -3.12. The number of para-hydroxylation sites is 2. The van der Waals surface area contributed by atoms with E-state index in [0.29, 0.717) is 23.1 Å². The number of nitrogens with one attached hydrogen (secondary N) is 1. The van der Waals surface area contributed by atoms with Gasteiger partial charge in [-0.15, -0.1) is 0 Å². The van der Waals surface area contributed by atoms with E-state index in [1.54, 1.807) is 24.3 Å². The number of carbonyl (C=O) groups is 2. The molecule has 3 rings (SSSR count). The van der Waals surface area contributed by atoms with Gasteiger partial charge >= 0.3 is 5.97 Å². The number of oxazole rings is 1. The largest absolute Gasteiger partial charge is 0.465 e. The molecule has 2 aromatic carbocycles. The van der Waals surface area contributed by atoms with Crippen molar-refractivity contribution >= 4 is 46.2 Å². The third-order valence-electron chi connectivity index (χ3n) is 3.43. The minimum atomic E-state index is -0.549. The molecule has 1 heterocycles. The Balaban J connectivity index is 1.88.